The number of rotatable bonds is 7. The maximum absolute atomic E-state index is 13.3. The molecule has 196 valence electrons. The van der Waals surface area contributed by atoms with Crippen LogP contribution in [0.5, 0.6) is 0 Å². The van der Waals surface area contributed by atoms with Crippen LogP contribution in [0.3, 0.4) is 0 Å². The Kier molecular flexibility index (Phi) is 8.12. The molecule has 4 aromatic rings. The molecule has 1 aliphatic rings. The Bertz CT molecular complexity index is 1510. The molecule has 1 aliphatic heterocycles. The summed E-state index contributed by atoms with van der Waals surface area (Å²) < 4.78 is 1.57. The van der Waals surface area contributed by atoms with Crippen molar-refractivity contribution >= 4 is 45.6 Å². The maximum atomic E-state index is 13.3. The number of benzene rings is 3. The van der Waals surface area contributed by atoms with Crippen molar-refractivity contribution in [3.63, 3.8) is 0 Å². The second kappa shape index (κ2) is 11.7. The number of aromatic nitrogens is 2. The van der Waals surface area contributed by atoms with Crippen molar-refractivity contribution in [2.24, 2.45) is 0 Å². The first-order valence-electron chi connectivity index (χ1n) is 12.9. The van der Waals surface area contributed by atoms with Crippen LogP contribution in [0.25, 0.3) is 22.0 Å². The highest BCUT2D eigenvalue weighted by molar-refractivity contribution is 6.31. The molecule has 6 nitrogen and oxygen atoms in total. The zero-order valence-electron chi connectivity index (χ0n) is 21.3. The Morgan fingerprint density at radius 2 is 1.68 bits per heavy atom. The number of hydrogen-bond acceptors (Lipinski definition) is 4. The number of nitrogens with one attached hydrogen (secondary N) is 1. The summed E-state index contributed by atoms with van der Waals surface area (Å²) in [4.78, 5) is 27.1. The van der Waals surface area contributed by atoms with Gasteiger partial charge in [-0.3, -0.25) is 9.59 Å². The third-order valence-electron chi connectivity index (χ3n) is 7.15. The van der Waals surface area contributed by atoms with Crippen LogP contribution < -0.4 is 10.9 Å². The van der Waals surface area contributed by atoms with Gasteiger partial charge in [-0.05, 0) is 86.8 Å². The van der Waals surface area contributed by atoms with Crippen molar-refractivity contribution in [3.8, 4) is 11.3 Å². The molecular formula is C30H30Cl2N4O2. The summed E-state index contributed by atoms with van der Waals surface area (Å²) in [6.45, 7) is 4.96. The van der Waals surface area contributed by atoms with Crippen LogP contribution in [0.4, 0.5) is 5.69 Å². The molecule has 1 fully saturated rings. The highest BCUT2D eigenvalue weighted by Crippen LogP contribution is 2.30. The quantitative estimate of drug-likeness (QED) is 0.282. The van der Waals surface area contributed by atoms with E-state index in [0.717, 1.165) is 61.2 Å². The van der Waals surface area contributed by atoms with Crippen molar-refractivity contribution in [2.45, 2.75) is 38.6 Å². The van der Waals surface area contributed by atoms with Gasteiger partial charge >= 0.3 is 0 Å². The summed E-state index contributed by atoms with van der Waals surface area (Å²) in [6, 6.07) is 21.0. The predicted octanol–water partition coefficient (Wildman–Crippen LogP) is 6.60. The zero-order chi connectivity index (χ0) is 26.6. The molecule has 38 heavy (non-hydrogen) atoms. The normalized spacial score (nSPS) is 14.6. The van der Waals surface area contributed by atoms with Crippen LogP contribution >= 0.6 is 23.2 Å². The van der Waals surface area contributed by atoms with Gasteiger partial charge in [-0.2, -0.15) is 5.10 Å². The molecule has 0 spiro atoms. The van der Waals surface area contributed by atoms with Crippen LogP contribution in [-0.4, -0.2) is 40.2 Å². The molecule has 2 heterocycles. The minimum atomic E-state index is -0.127. The van der Waals surface area contributed by atoms with Crippen molar-refractivity contribution in [1.82, 2.24) is 14.7 Å². The average Bonchev–Trinajstić information content (AvgIpc) is 2.91. The van der Waals surface area contributed by atoms with Gasteiger partial charge in [0.15, 0.2) is 0 Å². The Labute approximate surface area is 232 Å². The average molecular weight is 550 g/mol. The van der Waals surface area contributed by atoms with Gasteiger partial charge in [0, 0.05) is 40.2 Å². The van der Waals surface area contributed by atoms with E-state index in [1.807, 2.05) is 42.5 Å². The zero-order valence-corrected chi connectivity index (χ0v) is 22.8. The topological polar surface area (TPSA) is 67.2 Å². The largest absolute Gasteiger partial charge is 0.326 e. The van der Waals surface area contributed by atoms with Crippen LogP contribution in [0.15, 0.2) is 71.5 Å². The number of hydrogen-bond donors (Lipinski definition) is 1. The fraction of sp³-hybridized carbons (Fsp3) is 0.300. The van der Waals surface area contributed by atoms with E-state index in [1.165, 1.54) is 12.5 Å². The molecule has 0 atom stereocenters. The van der Waals surface area contributed by atoms with Gasteiger partial charge < -0.3 is 10.2 Å². The lowest BCUT2D eigenvalue weighted by atomic mass is 9.89. The second-order valence-corrected chi connectivity index (χ2v) is 10.7. The van der Waals surface area contributed by atoms with Crippen molar-refractivity contribution in [2.75, 3.05) is 25.0 Å². The van der Waals surface area contributed by atoms with Gasteiger partial charge in [-0.15, -0.1) is 0 Å². The van der Waals surface area contributed by atoms with Crippen LogP contribution in [0.2, 0.25) is 10.0 Å². The van der Waals surface area contributed by atoms with Crippen molar-refractivity contribution in [3.05, 3.63) is 92.7 Å². The fourth-order valence-electron chi connectivity index (χ4n) is 5.24. The summed E-state index contributed by atoms with van der Waals surface area (Å²) >= 11 is 12.3. The molecule has 0 radical (unpaired) electrons. The Balaban J connectivity index is 1.25. The Hall–Kier alpha value is -3.19. The number of anilines is 1. The fourth-order valence-corrected chi connectivity index (χ4v) is 5.54. The number of piperidine rings is 1. The van der Waals surface area contributed by atoms with Crippen molar-refractivity contribution < 1.29 is 4.79 Å². The van der Waals surface area contributed by atoms with Gasteiger partial charge in [0.25, 0.3) is 5.56 Å². The summed E-state index contributed by atoms with van der Waals surface area (Å²) in [5, 5.41) is 10.2. The molecular weight excluding hydrogens is 519 g/mol. The lowest BCUT2D eigenvalue weighted by Crippen LogP contribution is -2.34. The van der Waals surface area contributed by atoms with Gasteiger partial charge in [0.1, 0.15) is 0 Å². The van der Waals surface area contributed by atoms with E-state index in [-0.39, 0.29) is 11.5 Å². The monoisotopic (exact) mass is 548 g/mol. The first-order valence-corrected chi connectivity index (χ1v) is 13.7. The van der Waals surface area contributed by atoms with E-state index in [2.05, 4.69) is 22.3 Å². The molecule has 0 saturated carbocycles. The van der Waals surface area contributed by atoms with E-state index in [1.54, 1.807) is 16.8 Å². The number of carbonyl (C=O) groups excluding carboxylic acids is 1. The Morgan fingerprint density at radius 1 is 0.947 bits per heavy atom. The number of nitrogens with zero attached hydrogens (tertiary/aromatic N) is 3. The van der Waals surface area contributed by atoms with E-state index >= 15 is 0 Å². The lowest BCUT2D eigenvalue weighted by Gasteiger charge is -2.32. The van der Waals surface area contributed by atoms with Crippen molar-refractivity contribution in [1.29, 1.82) is 0 Å². The highest BCUT2D eigenvalue weighted by atomic mass is 35.5. The molecule has 1 saturated heterocycles. The summed E-state index contributed by atoms with van der Waals surface area (Å²) in [6.07, 6.45) is 2.95. The maximum Gasteiger partial charge on any atom is 0.274 e. The number of fused-ring (bicyclic) bond motifs is 1. The van der Waals surface area contributed by atoms with Gasteiger partial charge in [-0.25, -0.2) is 4.68 Å². The smallest absolute Gasteiger partial charge is 0.274 e. The number of halogens is 2. The van der Waals surface area contributed by atoms with Crippen LogP contribution in [-0.2, 0) is 11.3 Å². The molecule has 8 heteroatoms. The third-order valence-corrected chi connectivity index (χ3v) is 7.64. The number of carbonyl (C=O) groups is 1. The SMILES string of the molecule is CC(=O)Nc1cccc(C2CCN(CCCn3nc(-c4ccc(Cl)cc4)c4ccc(Cl)cc4c3=O)CC2)c1. The van der Waals surface area contributed by atoms with Gasteiger partial charge in [-0.1, -0.05) is 53.5 Å². The molecule has 0 aliphatic carbocycles. The summed E-state index contributed by atoms with van der Waals surface area (Å²) in [7, 11) is 0. The minimum absolute atomic E-state index is 0.0552. The number of aryl methyl sites for hydroxylation is 1. The highest BCUT2D eigenvalue weighted by Gasteiger charge is 2.21. The molecule has 0 bridgehead atoms. The van der Waals surface area contributed by atoms with Crippen LogP contribution in [0.1, 0.15) is 37.7 Å². The predicted molar refractivity (Wildman–Crippen MR) is 155 cm³/mol. The summed E-state index contributed by atoms with van der Waals surface area (Å²) in [5.41, 5.74) is 3.65. The Morgan fingerprint density at radius 3 is 2.42 bits per heavy atom. The first-order chi connectivity index (χ1) is 18.4. The molecule has 1 N–H and O–H groups in total. The molecule has 1 aromatic heterocycles. The molecule has 0 unspecified atom stereocenters. The lowest BCUT2D eigenvalue weighted by molar-refractivity contribution is -0.114. The molecule has 1 amide bonds. The standard InChI is InChI=1S/C30H30Cl2N4O2/c1-20(37)33-26-5-2-4-23(18-26)21-12-16-35(17-13-21)14-3-15-36-30(38)28-19-25(32)10-11-27(28)29(34-36)22-6-8-24(31)9-7-22/h2,4-11,18-19,21H,3,12-17H2,1H3,(H,33,37). The molecule has 5 rings (SSSR count). The number of likely N-dealkylation sites (tertiary alicyclic amines) is 1. The van der Waals surface area contributed by atoms with E-state index in [9.17, 15) is 9.59 Å². The second-order valence-electron chi connectivity index (χ2n) is 9.85. The van der Waals surface area contributed by atoms with E-state index in [0.29, 0.717) is 27.9 Å². The summed E-state index contributed by atoms with van der Waals surface area (Å²) in [5.74, 6) is 0.428. The third kappa shape index (κ3) is 6.09. The first kappa shape index (κ1) is 26.4. The van der Waals surface area contributed by atoms with E-state index in [4.69, 9.17) is 28.3 Å². The number of amides is 1. The molecule has 3 aromatic carbocycles. The van der Waals surface area contributed by atoms with Crippen LogP contribution in [0, 0.1) is 0 Å². The van der Waals surface area contributed by atoms with Gasteiger partial charge in [0.05, 0.1) is 11.1 Å². The minimum Gasteiger partial charge on any atom is -0.326 e. The van der Waals surface area contributed by atoms with E-state index < -0.39 is 0 Å². The van der Waals surface area contributed by atoms with Gasteiger partial charge in [0.2, 0.25) is 5.91 Å².